The predicted octanol–water partition coefficient (Wildman–Crippen LogP) is 2.56. The molecule has 0 unspecified atom stereocenters. The second-order valence-corrected chi connectivity index (χ2v) is 3.15. The average molecular weight is 278 g/mol. The van der Waals surface area contributed by atoms with E-state index in [0.717, 1.165) is 0 Å². The van der Waals surface area contributed by atoms with Gasteiger partial charge in [-0.3, -0.25) is 10.1 Å². The molecule has 0 aliphatic rings. The number of halogens is 3. The average Bonchev–Trinajstić information content (AvgIpc) is 2.16. The van der Waals surface area contributed by atoms with Crippen molar-refractivity contribution in [2.45, 2.75) is 6.43 Å². The molecule has 8 heteroatoms. The Bertz CT molecular complexity index is 458. The van der Waals surface area contributed by atoms with Crippen molar-refractivity contribution in [3.63, 3.8) is 0 Å². The Hall–Kier alpha value is -1.62. The molecule has 1 aromatic heterocycles. The lowest BCUT2D eigenvalue weighted by Crippen LogP contribution is -1.99. The molecule has 0 saturated carbocycles. The van der Waals surface area contributed by atoms with Gasteiger partial charge in [-0.1, -0.05) is 0 Å². The van der Waals surface area contributed by atoms with Gasteiger partial charge in [0, 0.05) is 6.07 Å². The van der Waals surface area contributed by atoms with Gasteiger partial charge < -0.3 is 0 Å². The van der Waals surface area contributed by atoms with Crippen LogP contribution in [0.15, 0.2) is 10.7 Å². The fraction of sp³-hybridized carbons (Fsp3) is 0.143. The second kappa shape index (κ2) is 4.27. The molecule has 78 valence electrons. The van der Waals surface area contributed by atoms with Crippen molar-refractivity contribution in [3.05, 3.63) is 32.0 Å². The summed E-state index contributed by atoms with van der Waals surface area (Å²) in [4.78, 5) is 12.9. The van der Waals surface area contributed by atoms with Crippen molar-refractivity contribution in [3.8, 4) is 6.07 Å². The molecule has 1 aromatic rings. The summed E-state index contributed by atoms with van der Waals surface area (Å²) in [7, 11) is 0. The summed E-state index contributed by atoms with van der Waals surface area (Å²) in [5, 5.41) is 19.0. The third-order valence-corrected chi connectivity index (χ3v) is 2.08. The minimum atomic E-state index is -2.92. The highest BCUT2D eigenvalue weighted by Gasteiger charge is 2.23. The maximum Gasteiger partial charge on any atom is 0.291 e. The van der Waals surface area contributed by atoms with E-state index >= 15 is 0 Å². The maximum absolute atomic E-state index is 12.2. The van der Waals surface area contributed by atoms with E-state index in [1.165, 1.54) is 6.07 Å². The lowest BCUT2D eigenvalue weighted by atomic mass is 10.2. The third-order valence-electron chi connectivity index (χ3n) is 1.51. The molecule has 1 heterocycles. The molecule has 0 fully saturated rings. The van der Waals surface area contributed by atoms with Crippen LogP contribution in [-0.2, 0) is 0 Å². The van der Waals surface area contributed by atoms with Crippen molar-refractivity contribution < 1.29 is 13.7 Å². The topological polar surface area (TPSA) is 79.8 Å². The number of hydrogen-bond acceptors (Lipinski definition) is 4. The Balaban J connectivity index is 3.47. The number of rotatable bonds is 2. The van der Waals surface area contributed by atoms with Crippen LogP contribution in [0, 0.1) is 21.4 Å². The minimum absolute atomic E-state index is 0.255. The van der Waals surface area contributed by atoms with Crippen molar-refractivity contribution >= 4 is 21.6 Å². The number of nitriles is 1. The van der Waals surface area contributed by atoms with E-state index < -0.39 is 22.7 Å². The molecule has 1 rings (SSSR count). The zero-order valence-electron chi connectivity index (χ0n) is 6.95. The first-order valence-electron chi connectivity index (χ1n) is 3.50. The summed E-state index contributed by atoms with van der Waals surface area (Å²) in [6, 6.07) is 2.11. The molecule has 5 nitrogen and oxygen atoms in total. The maximum atomic E-state index is 12.2. The number of nitrogens with zero attached hydrogens (tertiary/aromatic N) is 3. The van der Waals surface area contributed by atoms with Crippen LogP contribution in [0.4, 0.5) is 14.5 Å². The molecule has 0 bridgehead atoms. The van der Waals surface area contributed by atoms with E-state index in [0.29, 0.717) is 6.07 Å². The summed E-state index contributed by atoms with van der Waals surface area (Å²) in [6.07, 6.45) is -2.92. The molecule has 0 aliphatic carbocycles. The Labute approximate surface area is 90.6 Å². The number of nitro groups is 1. The Morgan fingerprint density at radius 2 is 2.27 bits per heavy atom. The minimum Gasteiger partial charge on any atom is -0.258 e. The number of alkyl halides is 2. The summed E-state index contributed by atoms with van der Waals surface area (Å²) in [5.41, 5.74) is -1.80. The first kappa shape index (κ1) is 11.5. The van der Waals surface area contributed by atoms with Gasteiger partial charge in [0.2, 0.25) is 0 Å². The zero-order valence-corrected chi connectivity index (χ0v) is 8.53. The smallest absolute Gasteiger partial charge is 0.258 e. The van der Waals surface area contributed by atoms with Gasteiger partial charge in [-0.25, -0.2) is 13.8 Å². The van der Waals surface area contributed by atoms with E-state index in [2.05, 4.69) is 20.9 Å². The van der Waals surface area contributed by atoms with E-state index in [4.69, 9.17) is 5.26 Å². The van der Waals surface area contributed by atoms with E-state index in [1.54, 1.807) is 0 Å². The molecule has 0 spiro atoms. The highest BCUT2D eigenvalue weighted by atomic mass is 79.9. The van der Waals surface area contributed by atoms with Gasteiger partial charge in [-0.2, -0.15) is 5.26 Å². The quantitative estimate of drug-likeness (QED) is 0.473. The third kappa shape index (κ3) is 2.24. The molecular formula is C7H2BrF2N3O2. The Morgan fingerprint density at radius 3 is 2.67 bits per heavy atom. The Morgan fingerprint density at radius 1 is 1.67 bits per heavy atom. The Kier molecular flexibility index (Phi) is 3.26. The summed E-state index contributed by atoms with van der Waals surface area (Å²) in [6.45, 7) is 0. The molecule has 0 aromatic carbocycles. The van der Waals surface area contributed by atoms with E-state index in [-0.39, 0.29) is 10.2 Å². The first-order valence-corrected chi connectivity index (χ1v) is 4.29. The molecule has 0 radical (unpaired) electrons. The van der Waals surface area contributed by atoms with Crippen LogP contribution in [0.25, 0.3) is 0 Å². The van der Waals surface area contributed by atoms with Gasteiger partial charge in [0.15, 0.2) is 5.56 Å². The van der Waals surface area contributed by atoms with Crippen LogP contribution in [0.3, 0.4) is 0 Å². The van der Waals surface area contributed by atoms with Gasteiger partial charge in [-0.05, 0) is 15.9 Å². The van der Waals surface area contributed by atoms with Gasteiger partial charge in [0.05, 0.1) is 4.92 Å². The molecular weight excluding hydrogens is 276 g/mol. The van der Waals surface area contributed by atoms with Gasteiger partial charge in [0.25, 0.3) is 12.1 Å². The van der Waals surface area contributed by atoms with Crippen LogP contribution in [-0.4, -0.2) is 9.91 Å². The van der Waals surface area contributed by atoms with E-state index in [1.807, 2.05) is 0 Å². The largest absolute Gasteiger partial charge is 0.291 e. The number of aromatic nitrogens is 1. The van der Waals surface area contributed by atoms with Crippen LogP contribution in [0.5, 0.6) is 0 Å². The number of hydrogen-bond donors (Lipinski definition) is 0. The van der Waals surface area contributed by atoms with Gasteiger partial charge in [0.1, 0.15) is 16.4 Å². The lowest BCUT2D eigenvalue weighted by molar-refractivity contribution is -0.385. The SMILES string of the molecule is N#Cc1c([N+](=O)[O-])cc(C(F)F)nc1Br. The summed E-state index contributed by atoms with van der Waals surface area (Å²) >= 11 is 2.72. The molecule has 0 N–H and O–H groups in total. The first-order chi connectivity index (χ1) is 6.97. The standard InChI is InChI=1S/C7H2BrF2N3O2/c8-6-3(2-11)5(13(14)15)1-4(12-6)7(9)10/h1,7H. The normalized spacial score (nSPS) is 10.1. The van der Waals surface area contributed by atoms with Crippen LogP contribution >= 0.6 is 15.9 Å². The van der Waals surface area contributed by atoms with Crippen molar-refractivity contribution in [1.29, 1.82) is 5.26 Å². The summed E-state index contributed by atoms with van der Waals surface area (Å²) < 4.78 is 24.2. The molecule has 0 aliphatic heterocycles. The molecule has 15 heavy (non-hydrogen) atoms. The highest BCUT2D eigenvalue weighted by molar-refractivity contribution is 9.10. The number of pyridine rings is 1. The van der Waals surface area contributed by atoms with E-state index in [9.17, 15) is 18.9 Å². The fourth-order valence-electron chi connectivity index (χ4n) is 0.879. The van der Waals surface area contributed by atoms with Crippen molar-refractivity contribution in [2.75, 3.05) is 0 Å². The second-order valence-electron chi connectivity index (χ2n) is 2.40. The highest BCUT2D eigenvalue weighted by Crippen LogP contribution is 2.29. The summed E-state index contributed by atoms with van der Waals surface area (Å²) in [5.74, 6) is 0. The molecule has 0 saturated heterocycles. The molecule has 0 atom stereocenters. The van der Waals surface area contributed by atoms with Crippen LogP contribution < -0.4 is 0 Å². The fourth-order valence-corrected chi connectivity index (χ4v) is 1.38. The van der Waals surface area contributed by atoms with Crippen LogP contribution in [0.1, 0.15) is 17.7 Å². The zero-order chi connectivity index (χ0) is 11.6. The van der Waals surface area contributed by atoms with Crippen LogP contribution in [0.2, 0.25) is 0 Å². The van der Waals surface area contributed by atoms with Gasteiger partial charge in [-0.15, -0.1) is 0 Å². The van der Waals surface area contributed by atoms with Crippen molar-refractivity contribution in [1.82, 2.24) is 4.98 Å². The monoisotopic (exact) mass is 277 g/mol. The van der Waals surface area contributed by atoms with Crippen molar-refractivity contribution in [2.24, 2.45) is 0 Å². The molecule has 0 amide bonds. The lowest BCUT2D eigenvalue weighted by Gasteiger charge is -2.01. The van der Waals surface area contributed by atoms with Gasteiger partial charge >= 0.3 is 0 Å². The predicted molar refractivity (Wildman–Crippen MR) is 48.3 cm³/mol.